The number of nitrogens with one attached hydrogen (secondary N) is 1. The molecular formula is C40H53N9O4S. The molecular weight excluding hydrogens is 703 g/mol. The Morgan fingerprint density at radius 1 is 0.815 bits per heavy atom. The number of para-hydroxylation sites is 1. The predicted octanol–water partition coefficient (Wildman–Crippen LogP) is 3.69. The van der Waals surface area contributed by atoms with Crippen molar-refractivity contribution in [1.29, 1.82) is 0 Å². The number of hydrogen-bond acceptors (Lipinski definition) is 10. The van der Waals surface area contributed by atoms with E-state index in [0.717, 1.165) is 72.1 Å². The third-order valence-corrected chi connectivity index (χ3v) is 14.3. The van der Waals surface area contributed by atoms with E-state index in [4.69, 9.17) is 9.72 Å². The van der Waals surface area contributed by atoms with Gasteiger partial charge in [0.1, 0.15) is 18.1 Å². The lowest BCUT2D eigenvalue weighted by Gasteiger charge is -2.42. The van der Waals surface area contributed by atoms with Gasteiger partial charge in [-0.15, -0.1) is 16.4 Å². The van der Waals surface area contributed by atoms with Crippen LogP contribution < -0.4 is 10.1 Å². The van der Waals surface area contributed by atoms with E-state index in [1.54, 1.807) is 11.3 Å². The molecule has 8 bridgehead atoms. The Morgan fingerprint density at radius 2 is 1.48 bits per heavy atom. The largest absolute Gasteiger partial charge is 0.487 e. The highest BCUT2D eigenvalue weighted by Gasteiger charge is 2.47. The van der Waals surface area contributed by atoms with Gasteiger partial charge in [0.15, 0.2) is 0 Å². The number of carbonyl (C=O) groups is 3. The molecule has 1 aliphatic carbocycles. The standard InChI is InChI=1S/C40H53N9O4S/c1-26-34-21-37(50)41-28-19-35(47(22-28)30-7-5-6-8-30)39(51)46-17-13-31(14-18-46)48-24-32(49-23-29(43-44-49)25-53-33-9-3-2-4-10-33)20-36(48)40(52)45-15-11-27(12-16-45)38(42-34)54-26/h2-4,9-10,23,27-28,30-32,35-36H,5-8,11-22,24-25H2,1H3,(H,41,50)/t28-,32-,35-,36-/m0/s1. The Hall–Kier alpha value is -3.88. The number of ether oxygens (including phenoxy) is 1. The molecule has 5 fully saturated rings. The summed E-state index contributed by atoms with van der Waals surface area (Å²) >= 11 is 1.70. The summed E-state index contributed by atoms with van der Waals surface area (Å²) in [6.07, 6.45) is 11.6. The molecule has 1 saturated carbocycles. The Labute approximate surface area is 321 Å². The number of fused-ring (bicyclic) bond motifs is 2. The zero-order valence-corrected chi connectivity index (χ0v) is 32.2. The number of piperidine rings is 2. The minimum absolute atomic E-state index is 0.00642. The normalized spacial score (nSPS) is 30.2. The van der Waals surface area contributed by atoms with Crippen molar-refractivity contribution in [3.63, 3.8) is 0 Å². The number of aromatic nitrogens is 4. The van der Waals surface area contributed by atoms with E-state index in [9.17, 15) is 14.4 Å². The lowest BCUT2D eigenvalue weighted by Crippen LogP contribution is -2.55. The number of hydrogen-bond donors (Lipinski definition) is 1. The van der Waals surface area contributed by atoms with Crippen molar-refractivity contribution in [2.45, 2.75) is 126 Å². The third-order valence-electron chi connectivity index (χ3n) is 13.1. The van der Waals surface area contributed by atoms with Gasteiger partial charge in [0, 0.05) is 68.2 Å². The fourth-order valence-electron chi connectivity index (χ4n) is 10.2. The maximum absolute atomic E-state index is 14.5. The van der Waals surface area contributed by atoms with Crippen molar-refractivity contribution in [3.05, 3.63) is 57.8 Å². The van der Waals surface area contributed by atoms with Crippen molar-refractivity contribution in [2.24, 2.45) is 0 Å². The first-order valence-corrected chi connectivity index (χ1v) is 21.1. The maximum atomic E-state index is 14.5. The smallest absolute Gasteiger partial charge is 0.240 e. The molecule has 7 aliphatic heterocycles. The van der Waals surface area contributed by atoms with Gasteiger partial charge in [0.2, 0.25) is 17.7 Å². The van der Waals surface area contributed by atoms with Gasteiger partial charge in [0.05, 0.1) is 41.4 Å². The zero-order valence-electron chi connectivity index (χ0n) is 31.4. The average molecular weight is 756 g/mol. The summed E-state index contributed by atoms with van der Waals surface area (Å²) in [6.45, 7) is 6.60. The van der Waals surface area contributed by atoms with E-state index in [2.05, 4.69) is 42.2 Å². The number of nitrogens with zero attached hydrogens (tertiary/aromatic N) is 8. The third kappa shape index (κ3) is 7.28. The first-order chi connectivity index (χ1) is 26.4. The summed E-state index contributed by atoms with van der Waals surface area (Å²) in [5, 5.41) is 13.4. The minimum atomic E-state index is -0.250. The van der Waals surface area contributed by atoms with Crippen molar-refractivity contribution >= 4 is 29.1 Å². The molecule has 1 N–H and O–H groups in total. The minimum Gasteiger partial charge on any atom is -0.487 e. The van der Waals surface area contributed by atoms with Gasteiger partial charge in [-0.3, -0.25) is 24.2 Å². The topological polar surface area (TPSA) is 129 Å². The van der Waals surface area contributed by atoms with Crippen molar-refractivity contribution in [2.75, 3.05) is 39.3 Å². The van der Waals surface area contributed by atoms with Crippen LogP contribution in [0.4, 0.5) is 0 Å². The number of aryl methyl sites for hydroxylation is 1. The predicted molar refractivity (Wildman–Crippen MR) is 203 cm³/mol. The van der Waals surface area contributed by atoms with E-state index in [-0.39, 0.29) is 60.3 Å². The SMILES string of the molecule is Cc1sc2nc1CC(=O)N[C@H]1C[C@@H](C(=O)N3CCC(CC3)N3C[C@@H](n4cc(COc5ccccc5)nn4)C[C@H]3C(=O)N3CCC2CC3)N(C2CCCC2)C1. The summed E-state index contributed by atoms with van der Waals surface area (Å²) in [4.78, 5) is 57.4. The lowest BCUT2D eigenvalue weighted by atomic mass is 9.96. The number of thiazole rings is 1. The molecule has 2 aromatic heterocycles. The van der Waals surface area contributed by atoms with Crippen LogP contribution >= 0.6 is 11.3 Å². The highest BCUT2D eigenvalue weighted by molar-refractivity contribution is 7.11. The van der Waals surface area contributed by atoms with Gasteiger partial charge in [-0.25, -0.2) is 9.67 Å². The van der Waals surface area contributed by atoms with Crippen LogP contribution in [-0.4, -0.2) is 127 Å². The van der Waals surface area contributed by atoms with E-state index < -0.39 is 0 Å². The summed E-state index contributed by atoms with van der Waals surface area (Å²) in [7, 11) is 0. The lowest BCUT2D eigenvalue weighted by molar-refractivity contribution is -0.141. The maximum Gasteiger partial charge on any atom is 0.240 e. The van der Waals surface area contributed by atoms with Crippen LogP contribution in [0.25, 0.3) is 0 Å². The van der Waals surface area contributed by atoms with E-state index in [0.29, 0.717) is 58.2 Å². The molecule has 1 aromatic carbocycles. The fraction of sp³-hybridized carbons (Fsp3) is 0.650. The Balaban J connectivity index is 0.962. The number of rotatable bonds is 5. The van der Waals surface area contributed by atoms with Gasteiger partial charge >= 0.3 is 0 Å². The van der Waals surface area contributed by atoms with Gasteiger partial charge in [0.25, 0.3) is 0 Å². The molecule has 0 radical (unpaired) electrons. The summed E-state index contributed by atoms with van der Waals surface area (Å²) in [5.74, 6) is 1.47. The van der Waals surface area contributed by atoms with E-state index in [1.807, 2.05) is 41.2 Å². The number of carbonyl (C=O) groups excluding carboxylic acids is 3. The quantitative estimate of drug-likeness (QED) is 0.415. The fourth-order valence-corrected chi connectivity index (χ4v) is 11.3. The summed E-state index contributed by atoms with van der Waals surface area (Å²) in [5.41, 5.74) is 1.61. The van der Waals surface area contributed by atoms with Gasteiger partial charge in [-0.2, -0.15) is 0 Å². The van der Waals surface area contributed by atoms with Crippen LogP contribution in [0.5, 0.6) is 5.75 Å². The van der Waals surface area contributed by atoms with E-state index >= 15 is 0 Å². The van der Waals surface area contributed by atoms with Gasteiger partial charge in [-0.05, 0) is 70.4 Å². The molecule has 3 amide bonds. The number of likely N-dealkylation sites (tertiary alicyclic amines) is 1. The van der Waals surface area contributed by atoms with Crippen molar-refractivity contribution in [1.82, 2.24) is 44.9 Å². The Bertz CT molecular complexity index is 1810. The highest BCUT2D eigenvalue weighted by Crippen LogP contribution is 2.38. The van der Waals surface area contributed by atoms with Crippen LogP contribution in [0, 0.1) is 6.92 Å². The van der Waals surface area contributed by atoms with Crippen LogP contribution in [-0.2, 0) is 27.4 Å². The first kappa shape index (κ1) is 35.8. The zero-order chi connectivity index (χ0) is 36.8. The Morgan fingerprint density at radius 3 is 2.22 bits per heavy atom. The highest BCUT2D eigenvalue weighted by atomic mass is 32.1. The second-order valence-corrected chi connectivity index (χ2v) is 17.7. The van der Waals surface area contributed by atoms with Gasteiger partial charge < -0.3 is 19.9 Å². The summed E-state index contributed by atoms with van der Waals surface area (Å²) in [6, 6.07) is 9.83. The molecule has 54 heavy (non-hydrogen) atoms. The molecule has 13 nitrogen and oxygen atoms in total. The monoisotopic (exact) mass is 755 g/mol. The molecule has 8 aliphatic rings. The molecule has 9 heterocycles. The molecule has 14 heteroatoms. The average Bonchev–Trinajstić information content (AvgIpc) is 4.05. The molecule has 3 aromatic rings. The van der Waals surface area contributed by atoms with Crippen LogP contribution in [0.3, 0.4) is 0 Å². The first-order valence-electron chi connectivity index (χ1n) is 20.3. The molecule has 4 saturated heterocycles. The summed E-state index contributed by atoms with van der Waals surface area (Å²) < 4.78 is 7.89. The van der Waals surface area contributed by atoms with Crippen LogP contribution in [0.2, 0.25) is 0 Å². The van der Waals surface area contributed by atoms with Gasteiger partial charge in [-0.1, -0.05) is 36.3 Å². The van der Waals surface area contributed by atoms with Crippen molar-refractivity contribution in [3.8, 4) is 5.75 Å². The second-order valence-electron chi connectivity index (χ2n) is 16.4. The molecule has 0 spiro atoms. The second kappa shape index (κ2) is 15.3. The number of benzene rings is 1. The molecule has 288 valence electrons. The van der Waals surface area contributed by atoms with Crippen LogP contribution in [0.15, 0.2) is 36.5 Å². The molecule has 0 unspecified atom stereocenters. The van der Waals surface area contributed by atoms with E-state index in [1.165, 1.54) is 12.8 Å². The van der Waals surface area contributed by atoms with Crippen molar-refractivity contribution < 1.29 is 19.1 Å². The Kier molecular flexibility index (Phi) is 10.2. The van der Waals surface area contributed by atoms with Crippen LogP contribution in [0.1, 0.15) is 97.4 Å². The molecule has 4 atom stereocenters. The number of amides is 3. The molecule has 11 rings (SSSR count).